The summed E-state index contributed by atoms with van der Waals surface area (Å²) in [7, 11) is 0. The number of hydroxylamine groups is 2. The van der Waals surface area contributed by atoms with Crippen LogP contribution in [-0.4, -0.2) is 28.0 Å². The Balaban J connectivity index is 1.69. The predicted molar refractivity (Wildman–Crippen MR) is 99.1 cm³/mol. The molecule has 0 saturated carbocycles. The van der Waals surface area contributed by atoms with Crippen LogP contribution in [0.15, 0.2) is 47.0 Å². The maximum Gasteiger partial charge on any atom is 0.369 e. The van der Waals surface area contributed by atoms with Gasteiger partial charge in [0.05, 0.1) is 21.2 Å². The van der Waals surface area contributed by atoms with Crippen LogP contribution in [0.1, 0.15) is 36.8 Å². The van der Waals surface area contributed by atoms with E-state index in [0.29, 0.717) is 10.6 Å². The lowest BCUT2D eigenvalue weighted by Crippen LogP contribution is -2.32. The van der Waals surface area contributed by atoms with Crippen LogP contribution >= 0.6 is 23.2 Å². The third-order valence-electron chi connectivity index (χ3n) is 4.20. The molecule has 3 aromatic rings. The number of amides is 2. The van der Waals surface area contributed by atoms with Gasteiger partial charge in [0.2, 0.25) is 0 Å². The van der Waals surface area contributed by atoms with Crippen molar-refractivity contribution in [1.82, 2.24) is 10.2 Å². The van der Waals surface area contributed by atoms with E-state index in [9.17, 15) is 14.4 Å². The number of halogens is 2. The molecule has 0 radical (unpaired) electrons. The summed E-state index contributed by atoms with van der Waals surface area (Å²) in [5.41, 5.74) is 0.675. The molecule has 1 aromatic heterocycles. The van der Waals surface area contributed by atoms with E-state index in [0.717, 1.165) is 0 Å². The van der Waals surface area contributed by atoms with Crippen LogP contribution in [0.3, 0.4) is 0 Å². The van der Waals surface area contributed by atoms with Gasteiger partial charge in [-0.3, -0.25) is 9.59 Å². The SMILES string of the molecule is Cc1onc(-c2cccc(Cl)c2Cl)c1C(=O)ON1C(=O)c2ccccc2C1=O. The fraction of sp³-hybridized carbons (Fsp3) is 0.0526. The van der Waals surface area contributed by atoms with E-state index in [1.54, 1.807) is 30.3 Å². The topological polar surface area (TPSA) is 89.7 Å². The second-order valence-corrected chi connectivity index (χ2v) is 6.68. The summed E-state index contributed by atoms with van der Waals surface area (Å²) in [6.45, 7) is 1.49. The van der Waals surface area contributed by atoms with Gasteiger partial charge in [0.15, 0.2) is 0 Å². The summed E-state index contributed by atoms with van der Waals surface area (Å²) in [5.74, 6) is -2.32. The molecule has 1 aliphatic rings. The van der Waals surface area contributed by atoms with Crippen LogP contribution in [0.2, 0.25) is 10.0 Å². The molecule has 4 rings (SSSR count). The van der Waals surface area contributed by atoms with Crippen molar-refractivity contribution in [1.29, 1.82) is 0 Å². The zero-order valence-electron chi connectivity index (χ0n) is 14.2. The first kappa shape index (κ1) is 18.2. The lowest BCUT2D eigenvalue weighted by molar-refractivity contribution is -0.0585. The van der Waals surface area contributed by atoms with E-state index in [1.165, 1.54) is 19.1 Å². The average molecular weight is 417 g/mol. The van der Waals surface area contributed by atoms with Crippen molar-refractivity contribution >= 4 is 41.0 Å². The lowest BCUT2D eigenvalue weighted by Gasteiger charge is -2.13. The van der Waals surface area contributed by atoms with Crippen molar-refractivity contribution in [3.63, 3.8) is 0 Å². The Morgan fingerprint density at radius 3 is 2.25 bits per heavy atom. The number of aryl methyl sites for hydroxylation is 1. The molecule has 1 aliphatic heterocycles. The Hall–Kier alpha value is -3.16. The number of benzene rings is 2. The summed E-state index contributed by atoms with van der Waals surface area (Å²) < 4.78 is 5.11. The van der Waals surface area contributed by atoms with Gasteiger partial charge in [-0.1, -0.05) is 57.7 Å². The maximum atomic E-state index is 12.8. The molecule has 9 heteroatoms. The predicted octanol–water partition coefficient (Wildman–Crippen LogP) is 4.32. The van der Waals surface area contributed by atoms with Crippen molar-refractivity contribution < 1.29 is 23.7 Å². The van der Waals surface area contributed by atoms with Gasteiger partial charge in [-0.05, 0) is 25.1 Å². The van der Waals surface area contributed by atoms with Gasteiger partial charge in [0.25, 0.3) is 11.8 Å². The van der Waals surface area contributed by atoms with Gasteiger partial charge in [-0.2, -0.15) is 0 Å². The number of fused-ring (bicyclic) bond motifs is 1. The molecule has 28 heavy (non-hydrogen) atoms. The molecule has 0 bridgehead atoms. The first-order chi connectivity index (χ1) is 13.4. The van der Waals surface area contributed by atoms with E-state index in [2.05, 4.69) is 5.16 Å². The molecular weight excluding hydrogens is 407 g/mol. The van der Waals surface area contributed by atoms with Crippen molar-refractivity contribution in [3.05, 3.63) is 75.0 Å². The Morgan fingerprint density at radius 2 is 1.61 bits per heavy atom. The highest BCUT2D eigenvalue weighted by molar-refractivity contribution is 6.43. The van der Waals surface area contributed by atoms with Gasteiger partial charge in [0.1, 0.15) is 17.0 Å². The van der Waals surface area contributed by atoms with E-state index < -0.39 is 17.8 Å². The van der Waals surface area contributed by atoms with Gasteiger partial charge in [-0.25, -0.2) is 4.79 Å². The van der Waals surface area contributed by atoms with Crippen molar-refractivity contribution in [2.24, 2.45) is 0 Å². The van der Waals surface area contributed by atoms with Crippen molar-refractivity contribution in [2.75, 3.05) is 0 Å². The van der Waals surface area contributed by atoms with Crippen molar-refractivity contribution in [2.45, 2.75) is 6.92 Å². The van der Waals surface area contributed by atoms with Gasteiger partial charge in [-0.15, -0.1) is 0 Å². The highest BCUT2D eigenvalue weighted by Gasteiger charge is 2.40. The Morgan fingerprint density at radius 1 is 1.00 bits per heavy atom. The van der Waals surface area contributed by atoms with Crippen molar-refractivity contribution in [3.8, 4) is 11.3 Å². The largest absolute Gasteiger partial charge is 0.369 e. The zero-order valence-corrected chi connectivity index (χ0v) is 15.7. The summed E-state index contributed by atoms with van der Waals surface area (Å²) in [4.78, 5) is 42.7. The summed E-state index contributed by atoms with van der Waals surface area (Å²) in [5, 5.41) is 4.71. The number of rotatable bonds is 3. The molecule has 0 aliphatic carbocycles. The van der Waals surface area contributed by atoms with Crippen LogP contribution < -0.4 is 0 Å². The van der Waals surface area contributed by atoms with Crippen LogP contribution in [-0.2, 0) is 4.84 Å². The third kappa shape index (κ3) is 2.76. The van der Waals surface area contributed by atoms with E-state index in [-0.39, 0.29) is 38.2 Å². The quantitative estimate of drug-likeness (QED) is 0.590. The Labute approximate surface area is 168 Å². The third-order valence-corrected chi connectivity index (χ3v) is 5.02. The molecule has 0 atom stereocenters. The standard InChI is InChI=1S/C19H10Cl2N2O5/c1-9-14(16(22-27-9)12-7-4-8-13(20)15(12)21)19(26)28-23-17(24)10-5-2-3-6-11(10)18(23)25/h2-8H,1H3. The fourth-order valence-corrected chi connectivity index (χ4v) is 3.25. The number of hydrogen-bond donors (Lipinski definition) is 0. The summed E-state index contributed by atoms with van der Waals surface area (Å²) in [6.07, 6.45) is 0. The smallest absolute Gasteiger partial charge is 0.360 e. The number of carbonyl (C=O) groups is 3. The molecule has 2 amide bonds. The molecular formula is C19H10Cl2N2O5. The second-order valence-electron chi connectivity index (χ2n) is 5.89. The van der Waals surface area contributed by atoms with Crippen LogP contribution in [0.25, 0.3) is 11.3 Å². The fourth-order valence-electron chi connectivity index (χ4n) is 2.86. The number of hydrogen-bond acceptors (Lipinski definition) is 6. The van der Waals surface area contributed by atoms with Gasteiger partial charge < -0.3 is 9.36 Å². The molecule has 0 saturated heterocycles. The molecule has 0 N–H and O–H groups in total. The first-order valence-corrected chi connectivity index (χ1v) is 8.76. The molecule has 0 fully saturated rings. The summed E-state index contributed by atoms with van der Waals surface area (Å²) >= 11 is 12.2. The second kappa shape index (κ2) is 6.78. The minimum atomic E-state index is -0.987. The number of carbonyl (C=O) groups excluding carboxylic acids is 3. The Kier molecular flexibility index (Phi) is 4.41. The normalized spacial score (nSPS) is 13.0. The molecule has 0 unspecified atom stereocenters. The van der Waals surface area contributed by atoms with Crippen LogP contribution in [0.4, 0.5) is 0 Å². The molecule has 2 heterocycles. The van der Waals surface area contributed by atoms with E-state index in [1.807, 2.05) is 0 Å². The maximum absolute atomic E-state index is 12.8. The first-order valence-electron chi connectivity index (χ1n) is 8.01. The highest BCUT2D eigenvalue weighted by Crippen LogP contribution is 2.36. The number of aromatic nitrogens is 1. The number of nitrogens with zero attached hydrogens (tertiary/aromatic N) is 2. The number of imide groups is 1. The highest BCUT2D eigenvalue weighted by atomic mass is 35.5. The summed E-state index contributed by atoms with van der Waals surface area (Å²) in [6, 6.07) is 11.0. The molecule has 2 aromatic carbocycles. The molecule has 140 valence electrons. The van der Waals surface area contributed by atoms with Crippen LogP contribution in [0.5, 0.6) is 0 Å². The minimum absolute atomic E-state index is 0.0688. The lowest BCUT2D eigenvalue weighted by atomic mass is 10.1. The molecule has 7 nitrogen and oxygen atoms in total. The van der Waals surface area contributed by atoms with Gasteiger partial charge >= 0.3 is 5.97 Å². The minimum Gasteiger partial charge on any atom is -0.360 e. The Bertz CT molecular complexity index is 1120. The monoisotopic (exact) mass is 416 g/mol. The zero-order chi connectivity index (χ0) is 20.0. The van der Waals surface area contributed by atoms with Crippen LogP contribution in [0, 0.1) is 6.92 Å². The average Bonchev–Trinajstić information content (AvgIpc) is 3.18. The molecule has 0 spiro atoms. The van der Waals surface area contributed by atoms with E-state index >= 15 is 0 Å². The van der Waals surface area contributed by atoms with E-state index in [4.69, 9.17) is 32.6 Å². The van der Waals surface area contributed by atoms with Gasteiger partial charge in [0, 0.05) is 5.56 Å².